The summed E-state index contributed by atoms with van der Waals surface area (Å²) in [6.07, 6.45) is 4.01. The van der Waals surface area contributed by atoms with Crippen LogP contribution in [0.5, 0.6) is 5.75 Å². The largest absolute Gasteiger partial charge is 0.494 e. The lowest BCUT2D eigenvalue weighted by Gasteiger charge is -2.20. The minimum absolute atomic E-state index is 0.0475. The summed E-state index contributed by atoms with van der Waals surface area (Å²) in [4.78, 5) is 29.7. The van der Waals surface area contributed by atoms with Crippen LogP contribution >= 0.6 is 11.6 Å². The van der Waals surface area contributed by atoms with Crippen molar-refractivity contribution in [3.8, 4) is 17.0 Å². The molecule has 220 valence electrons. The van der Waals surface area contributed by atoms with Crippen molar-refractivity contribution in [2.45, 2.75) is 13.3 Å². The fraction of sp³-hybridized carbons (Fsp3) is 0.321. The molecule has 0 aliphatic carbocycles. The molecule has 0 aliphatic rings. The van der Waals surface area contributed by atoms with Crippen molar-refractivity contribution >= 4 is 29.1 Å². The number of nitrogens with zero attached hydrogens (tertiary/aromatic N) is 3. The van der Waals surface area contributed by atoms with Crippen molar-refractivity contribution in [1.29, 1.82) is 0 Å². The van der Waals surface area contributed by atoms with Crippen LogP contribution in [-0.4, -0.2) is 67.3 Å². The highest BCUT2D eigenvalue weighted by molar-refractivity contribution is 6.34. The molecule has 10 nitrogen and oxygen atoms in total. The van der Waals surface area contributed by atoms with Gasteiger partial charge >= 0.3 is 0 Å². The van der Waals surface area contributed by atoms with Gasteiger partial charge in [0.2, 0.25) is 5.82 Å². The summed E-state index contributed by atoms with van der Waals surface area (Å²) in [6.45, 7) is 3.58. The Labute approximate surface area is 242 Å². The SMILES string of the molecule is CNN(/C=C(\C)CNC(=O)c1ccc(NC(=O)c2ncc(-c3ccc(OC)c(F)c3F)n2C)cc1Cl)CCCOC. The Kier molecular flexibility index (Phi) is 11.2. The molecule has 0 atom stereocenters. The van der Waals surface area contributed by atoms with Gasteiger partial charge in [-0.15, -0.1) is 0 Å². The summed E-state index contributed by atoms with van der Waals surface area (Å²) < 4.78 is 40.0. The predicted molar refractivity (Wildman–Crippen MR) is 153 cm³/mol. The molecule has 0 saturated heterocycles. The van der Waals surface area contributed by atoms with Gasteiger partial charge in [-0.2, -0.15) is 4.39 Å². The Morgan fingerprint density at radius 3 is 2.56 bits per heavy atom. The Morgan fingerprint density at radius 1 is 1.15 bits per heavy atom. The van der Waals surface area contributed by atoms with E-state index in [2.05, 4.69) is 21.0 Å². The summed E-state index contributed by atoms with van der Waals surface area (Å²) in [5.74, 6) is -3.53. The number of ether oxygens (including phenoxy) is 2. The molecule has 0 fully saturated rings. The van der Waals surface area contributed by atoms with Crippen LogP contribution in [0.25, 0.3) is 11.3 Å². The van der Waals surface area contributed by atoms with Crippen LogP contribution in [0.15, 0.2) is 48.3 Å². The molecule has 3 rings (SSSR count). The van der Waals surface area contributed by atoms with Crippen molar-refractivity contribution in [3.63, 3.8) is 0 Å². The summed E-state index contributed by atoms with van der Waals surface area (Å²) in [5.41, 5.74) is 4.65. The average molecular weight is 591 g/mol. The van der Waals surface area contributed by atoms with Crippen LogP contribution in [0.3, 0.4) is 0 Å². The summed E-state index contributed by atoms with van der Waals surface area (Å²) in [5, 5.41) is 7.52. The van der Waals surface area contributed by atoms with E-state index in [4.69, 9.17) is 21.1 Å². The normalized spacial score (nSPS) is 11.4. The van der Waals surface area contributed by atoms with Gasteiger partial charge < -0.3 is 29.7 Å². The number of aromatic nitrogens is 2. The third kappa shape index (κ3) is 7.81. The van der Waals surface area contributed by atoms with Gasteiger partial charge in [0, 0.05) is 58.4 Å². The Hall–Kier alpha value is -4.00. The number of hydrogen-bond donors (Lipinski definition) is 3. The molecule has 0 spiro atoms. The number of rotatable bonds is 13. The molecular weight excluding hydrogens is 558 g/mol. The van der Waals surface area contributed by atoms with Crippen molar-refractivity contribution in [2.24, 2.45) is 7.05 Å². The number of amides is 2. The molecule has 1 heterocycles. The quantitative estimate of drug-likeness (QED) is 0.200. The number of imidazole rings is 1. The lowest BCUT2D eigenvalue weighted by atomic mass is 10.1. The third-order valence-electron chi connectivity index (χ3n) is 6.14. The van der Waals surface area contributed by atoms with E-state index in [1.54, 1.807) is 7.11 Å². The monoisotopic (exact) mass is 590 g/mol. The van der Waals surface area contributed by atoms with Gasteiger partial charge in [-0.3, -0.25) is 9.59 Å². The smallest absolute Gasteiger partial charge is 0.291 e. The number of hydrogen-bond acceptors (Lipinski definition) is 7. The molecule has 0 aliphatic heterocycles. The topological polar surface area (TPSA) is 110 Å². The van der Waals surface area contributed by atoms with Gasteiger partial charge in [-0.05, 0) is 49.2 Å². The van der Waals surface area contributed by atoms with Gasteiger partial charge in [0.15, 0.2) is 17.4 Å². The highest BCUT2D eigenvalue weighted by Gasteiger charge is 2.21. The molecule has 0 bridgehead atoms. The van der Waals surface area contributed by atoms with Gasteiger partial charge in [-0.1, -0.05) is 11.6 Å². The fourth-order valence-corrected chi connectivity index (χ4v) is 4.24. The van der Waals surface area contributed by atoms with E-state index < -0.39 is 17.5 Å². The number of hydrazine groups is 1. The fourth-order valence-electron chi connectivity index (χ4n) is 3.97. The maximum atomic E-state index is 14.6. The number of halogens is 3. The lowest BCUT2D eigenvalue weighted by molar-refractivity contribution is 0.0956. The molecule has 41 heavy (non-hydrogen) atoms. The van der Waals surface area contributed by atoms with E-state index in [0.29, 0.717) is 18.8 Å². The average Bonchev–Trinajstić information content (AvgIpc) is 3.33. The van der Waals surface area contributed by atoms with E-state index in [0.717, 1.165) is 18.5 Å². The first-order valence-corrected chi connectivity index (χ1v) is 13.0. The van der Waals surface area contributed by atoms with Crippen LogP contribution in [0, 0.1) is 11.6 Å². The maximum absolute atomic E-state index is 14.6. The van der Waals surface area contributed by atoms with Gasteiger partial charge in [0.25, 0.3) is 11.8 Å². The maximum Gasteiger partial charge on any atom is 0.291 e. The van der Waals surface area contributed by atoms with E-state index >= 15 is 0 Å². The zero-order valence-electron chi connectivity index (χ0n) is 23.5. The molecule has 13 heteroatoms. The second kappa shape index (κ2) is 14.6. The first-order chi connectivity index (χ1) is 19.6. The van der Waals surface area contributed by atoms with Crippen molar-refractivity contribution in [3.05, 3.63) is 76.3 Å². The van der Waals surface area contributed by atoms with E-state index in [-0.39, 0.29) is 39.3 Å². The number of methoxy groups -OCH3 is 2. The second-order valence-electron chi connectivity index (χ2n) is 9.04. The molecule has 1 aromatic heterocycles. The number of carbonyl (C=O) groups is 2. The number of benzene rings is 2. The highest BCUT2D eigenvalue weighted by atomic mass is 35.5. The molecule has 0 saturated carbocycles. The molecule has 3 N–H and O–H groups in total. The first kappa shape index (κ1) is 31.5. The van der Waals surface area contributed by atoms with Crippen LogP contribution in [-0.2, 0) is 11.8 Å². The van der Waals surface area contributed by atoms with E-state index in [9.17, 15) is 18.4 Å². The zero-order valence-corrected chi connectivity index (χ0v) is 24.2. The van der Waals surface area contributed by atoms with Crippen molar-refractivity contribution in [2.75, 3.05) is 46.3 Å². The minimum Gasteiger partial charge on any atom is -0.494 e. The first-order valence-electron chi connectivity index (χ1n) is 12.6. The summed E-state index contributed by atoms with van der Waals surface area (Å²) in [7, 11) is 6.20. The van der Waals surface area contributed by atoms with Gasteiger partial charge in [0.05, 0.1) is 29.6 Å². The number of nitrogens with one attached hydrogen (secondary N) is 3. The standard InChI is InChI=1S/C28H33ClF2N6O4/c1-17(16-37(32-2)11-6-12-40-4)14-34-27(38)19-8-7-18(13-21(19)29)35-28(39)26-33-15-22(36(26)3)20-9-10-23(41-5)25(31)24(20)30/h7-10,13,15-16,32H,6,11-12,14H2,1-5H3,(H,34,38)(H,35,39)/b17-16+. The van der Waals surface area contributed by atoms with Crippen LogP contribution < -0.4 is 20.8 Å². The van der Waals surface area contributed by atoms with E-state index in [1.165, 1.54) is 55.3 Å². The summed E-state index contributed by atoms with van der Waals surface area (Å²) in [6, 6.07) is 7.10. The Balaban J connectivity index is 1.66. The molecule has 0 radical (unpaired) electrons. The Morgan fingerprint density at radius 2 is 1.90 bits per heavy atom. The van der Waals surface area contributed by atoms with Crippen LogP contribution in [0.4, 0.5) is 14.5 Å². The van der Waals surface area contributed by atoms with Crippen LogP contribution in [0.1, 0.15) is 34.3 Å². The molecular formula is C28H33ClF2N6O4. The van der Waals surface area contributed by atoms with Gasteiger partial charge in [0.1, 0.15) is 0 Å². The Bertz CT molecular complexity index is 1430. The number of carbonyl (C=O) groups excluding carboxylic acids is 2. The number of anilines is 1. The van der Waals surface area contributed by atoms with E-state index in [1.807, 2.05) is 25.2 Å². The second-order valence-corrected chi connectivity index (χ2v) is 9.45. The molecule has 0 unspecified atom stereocenters. The summed E-state index contributed by atoms with van der Waals surface area (Å²) >= 11 is 6.35. The molecule has 3 aromatic rings. The third-order valence-corrected chi connectivity index (χ3v) is 6.46. The zero-order chi connectivity index (χ0) is 30.1. The minimum atomic E-state index is -1.14. The highest BCUT2D eigenvalue weighted by Crippen LogP contribution is 2.30. The van der Waals surface area contributed by atoms with Gasteiger partial charge in [-0.25, -0.2) is 14.8 Å². The predicted octanol–water partition coefficient (Wildman–Crippen LogP) is 4.39. The van der Waals surface area contributed by atoms with Crippen molar-refractivity contribution in [1.82, 2.24) is 25.3 Å². The molecule has 2 aromatic carbocycles. The van der Waals surface area contributed by atoms with Crippen molar-refractivity contribution < 1.29 is 27.8 Å². The van der Waals surface area contributed by atoms with Crippen LogP contribution in [0.2, 0.25) is 5.02 Å². The molecule has 2 amide bonds. The lowest BCUT2D eigenvalue weighted by Crippen LogP contribution is -2.33.